The lowest BCUT2D eigenvalue weighted by Crippen LogP contribution is -2.44. The lowest BCUT2D eigenvalue weighted by molar-refractivity contribution is -0.142. The van der Waals surface area contributed by atoms with E-state index < -0.39 is 5.97 Å². The lowest BCUT2D eigenvalue weighted by Gasteiger charge is -2.26. The summed E-state index contributed by atoms with van der Waals surface area (Å²) in [4.78, 5) is 22.7. The summed E-state index contributed by atoms with van der Waals surface area (Å²) < 4.78 is 18.2. The Labute approximate surface area is 140 Å². The molecule has 1 saturated carbocycles. The molecule has 0 atom stereocenters. The van der Waals surface area contributed by atoms with Crippen LogP contribution in [0.1, 0.15) is 32.1 Å². The van der Waals surface area contributed by atoms with E-state index in [9.17, 15) is 14.0 Å². The number of carbonyl (C=O) groups excluding carboxylic acids is 1. The second-order valence-electron chi connectivity index (χ2n) is 5.94. The van der Waals surface area contributed by atoms with Crippen molar-refractivity contribution in [3.63, 3.8) is 0 Å². The number of carbonyl (C=O) groups is 2. The molecule has 1 aromatic carbocycles. The Hall–Kier alpha value is -2.31. The SMILES string of the molecule is O=C(NCCCOc1ccc(F)cc1)NC1CCC(C(=O)O)CC1. The Balaban J connectivity index is 1.54. The number of hydrogen-bond donors (Lipinski definition) is 3. The van der Waals surface area contributed by atoms with Gasteiger partial charge in [0.15, 0.2) is 0 Å². The number of carboxylic acid groups (broad SMARTS) is 1. The summed E-state index contributed by atoms with van der Waals surface area (Å²) in [6.45, 7) is 0.896. The van der Waals surface area contributed by atoms with Gasteiger partial charge in [-0.25, -0.2) is 9.18 Å². The first-order valence-corrected chi connectivity index (χ1v) is 8.20. The van der Waals surface area contributed by atoms with Gasteiger partial charge in [-0.15, -0.1) is 0 Å². The van der Waals surface area contributed by atoms with Crippen molar-refractivity contribution in [1.29, 1.82) is 0 Å². The Morgan fingerprint density at radius 1 is 1.17 bits per heavy atom. The molecule has 0 heterocycles. The average Bonchev–Trinajstić information content (AvgIpc) is 2.56. The van der Waals surface area contributed by atoms with Crippen LogP contribution in [0.25, 0.3) is 0 Å². The molecular weight excluding hydrogens is 315 g/mol. The van der Waals surface area contributed by atoms with Crippen LogP contribution in [0.5, 0.6) is 5.75 Å². The number of hydrogen-bond acceptors (Lipinski definition) is 3. The zero-order chi connectivity index (χ0) is 17.4. The number of ether oxygens (including phenoxy) is 1. The van der Waals surface area contributed by atoms with Crippen molar-refractivity contribution in [2.45, 2.75) is 38.1 Å². The molecule has 0 bridgehead atoms. The van der Waals surface area contributed by atoms with E-state index in [1.807, 2.05) is 0 Å². The topological polar surface area (TPSA) is 87.7 Å². The molecule has 0 saturated heterocycles. The van der Waals surface area contributed by atoms with Gasteiger partial charge in [0, 0.05) is 12.6 Å². The van der Waals surface area contributed by atoms with Crippen LogP contribution in [0.2, 0.25) is 0 Å². The third-order valence-electron chi connectivity index (χ3n) is 4.10. The molecular formula is C17H23FN2O4. The first-order chi connectivity index (χ1) is 11.5. The molecule has 2 amide bonds. The van der Waals surface area contributed by atoms with E-state index in [-0.39, 0.29) is 23.8 Å². The third kappa shape index (κ3) is 6.06. The van der Waals surface area contributed by atoms with Crippen LogP contribution in [0.4, 0.5) is 9.18 Å². The molecule has 24 heavy (non-hydrogen) atoms. The monoisotopic (exact) mass is 338 g/mol. The lowest BCUT2D eigenvalue weighted by atomic mass is 9.86. The molecule has 132 valence electrons. The Morgan fingerprint density at radius 3 is 2.46 bits per heavy atom. The molecule has 1 aromatic rings. The minimum atomic E-state index is -0.751. The van der Waals surface area contributed by atoms with Gasteiger partial charge in [0.2, 0.25) is 0 Å². The summed E-state index contributed by atoms with van der Waals surface area (Å²) in [7, 11) is 0. The second-order valence-corrected chi connectivity index (χ2v) is 5.94. The Bertz CT molecular complexity index is 542. The van der Waals surface area contributed by atoms with Gasteiger partial charge in [-0.1, -0.05) is 0 Å². The smallest absolute Gasteiger partial charge is 0.315 e. The highest BCUT2D eigenvalue weighted by atomic mass is 19.1. The number of rotatable bonds is 7. The predicted molar refractivity (Wildman–Crippen MR) is 86.4 cm³/mol. The largest absolute Gasteiger partial charge is 0.494 e. The van der Waals surface area contributed by atoms with Crippen molar-refractivity contribution in [3.05, 3.63) is 30.1 Å². The van der Waals surface area contributed by atoms with Crippen molar-refractivity contribution >= 4 is 12.0 Å². The van der Waals surface area contributed by atoms with Gasteiger partial charge < -0.3 is 20.5 Å². The van der Waals surface area contributed by atoms with E-state index in [4.69, 9.17) is 9.84 Å². The summed E-state index contributed by atoms with van der Waals surface area (Å²) in [5, 5.41) is 14.6. The quantitative estimate of drug-likeness (QED) is 0.667. The fraction of sp³-hybridized carbons (Fsp3) is 0.529. The first kappa shape index (κ1) is 18.0. The number of aliphatic carboxylic acids is 1. The molecule has 0 unspecified atom stereocenters. The molecule has 1 fully saturated rings. The van der Waals surface area contributed by atoms with E-state index in [0.29, 0.717) is 51.0 Å². The van der Waals surface area contributed by atoms with E-state index in [2.05, 4.69) is 10.6 Å². The van der Waals surface area contributed by atoms with E-state index in [1.54, 1.807) is 12.1 Å². The summed E-state index contributed by atoms with van der Waals surface area (Å²) in [5.74, 6) is -0.747. The zero-order valence-electron chi connectivity index (χ0n) is 13.5. The highest BCUT2D eigenvalue weighted by Crippen LogP contribution is 2.24. The summed E-state index contributed by atoms with van der Waals surface area (Å²) in [5.41, 5.74) is 0. The van der Waals surface area contributed by atoms with Crippen LogP contribution in [-0.4, -0.2) is 36.3 Å². The molecule has 0 aromatic heterocycles. The van der Waals surface area contributed by atoms with E-state index >= 15 is 0 Å². The molecule has 2 rings (SSSR count). The van der Waals surface area contributed by atoms with Crippen molar-refractivity contribution in [2.75, 3.05) is 13.2 Å². The van der Waals surface area contributed by atoms with Crippen LogP contribution in [-0.2, 0) is 4.79 Å². The molecule has 0 radical (unpaired) electrons. The Morgan fingerprint density at radius 2 is 1.83 bits per heavy atom. The standard InChI is InChI=1S/C17H23FN2O4/c18-13-4-8-15(9-5-13)24-11-1-10-19-17(23)20-14-6-2-12(3-7-14)16(21)22/h4-5,8-9,12,14H,1-3,6-7,10-11H2,(H,21,22)(H2,19,20,23). The minimum Gasteiger partial charge on any atom is -0.494 e. The average molecular weight is 338 g/mol. The summed E-state index contributed by atoms with van der Waals surface area (Å²) in [6, 6.07) is 5.58. The predicted octanol–water partition coefficient (Wildman–Crippen LogP) is 2.54. The van der Waals surface area contributed by atoms with Crippen molar-refractivity contribution in [1.82, 2.24) is 10.6 Å². The molecule has 7 heteroatoms. The summed E-state index contributed by atoms with van der Waals surface area (Å²) >= 11 is 0. The number of amides is 2. The maximum Gasteiger partial charge on any atom is 0.315 e. The minimum absolute atomic E-state index is 0.0380. The van der Waals surface area contributed by atoms with Gasteiger partial charge in [-0.3, -0.25) is 4.79 Å². The molecule has 0 aliphatic heterocycles. The highest BCUT2D eigenvalue weighted by molar-refractivity contribution is 5.74. The fourth-order valence-electron chi connectivity index (χ4n) is 2.72. The van der Waals surface area contributed by atoms with Crippen LogP contribution in [0.15, 0.2) is 24.3 Å². The van der Waals surface area contributed by atoms with Crippen LogP contribution in [0.3, 0.4) is 0 Å². The zero-order valence-corrected chi connectivity index (χ0v) is 13.5. The number of halogens is 1. The molecule has 0 spiro atoms. The number of urea groups is 1. The number of carboxylic acids is 1. The van der Waals surface area contributed by atoms with Gasteiger partial charge in [0.25, 0.3) is 0 Å². The molecule has 3 N–H and O–H groups in total. The maximum atomic E-state index is 12.7. The highest BCUT2D eigenvalue weighted by Gasteiger charge is 2.26. The fourth-order valence-corrected chi connectivity index (χ4v) is 2.72. The van der Waals surface area contributed by atoms with Crippen molar-refractivity contribution < 1.29 is 23.8 Å². The number of nitrogens with one attached hydrogen (secondary N) is 2. The number of benzene rings is 1. The van der Waals surface area contributed by atoms with Gasteiger partial charge in [0.05, 0.1) is 12.5 Å². The van der Waals surface area contributed by atoms with E-state index in [1.165, 1.54) is 12.1 Å². The Kier molecular flexibility index (Phi) is 6.84. The van der Waals surface area contributed by atoms with Gasteiger partial charge in [0.1, 0.15) is 11.6 Å². The molecule has 6 nitrogen and oxygen atoms in total. The van der Waals surface area contributed by atoms with Gasteiger partial charge >= 0.3 is 12.0 Å². The second kappa shape index (κ2) is 9.10. The molecule has 1 aliphatic rings. The van der Waals surface area contributed by atoms with Gasteiger partial charge in [-0.05, 0) is 56.4 Å². The van der Waals surface area contributed by atoms with Crippen molar-refractivity contribution in [2.24, 2.45) is 5.92 Å². The first-order valence-electron chi connectivity index (χ1n) is 8.20. The summed E-state index contributed by atoms with van der Waals surface area (Å²) in [6.07, 6.45) is 3.23. The van der Waals surface area contributed by atoms with Crippen LogP contribution >= 0.6 is 0 Å². The maximum absolute atomic E-state index is 12.7. The van der Waals surface area contributed by atoms with Gasteiger partial charge in [-0.2, -0.15) is 0 Å². The molecule has 1 aliphatic carbocycles. The third-order valence-corrected chi connectivity index (χ3v) is 4.10. The van der Waals surface area contributed by atoms with E-state index in [0.717, 1.165) is 0 Å². The van der Waals surface area contributed by atoms with Crippen LogP contribution in [0, 0.1) is 11.7 Å². The van der Waals surface area contributed by atoms with Crippen LogP contribution < -0.4 is 15.4 Å². The van der Waals surface area contributed by atoms with Crippen molar-refractivity contribution in [3.8, 4) is 5.75 Å². The normalized spacial score (nSPS) is 20.2.